The standard InChI is InChI=1S/C27H31N5O3/c1-27(2,17-28)19-8-6-18(7-9-19)26(34)32-15-21-20(22(21)16-32)14-29-25(33)23-4-3-5-24(30-23)31-10-12-35-13-11-31/h3-9,20-22H,10-16H2,1-2H3,(H,29,33). The van der Waals surface area contributed by atoms with Gasteiger partial charge in [-0.05, 0) is 61.4 Å². The minimum absolute atomic E-state index is 0.0328. The number of carbonyl (C=O) groups excluding carboxylic acids is 2. The van der Waals surface area contributed by atoms with E-state index in [4.69, 9.17) is 4.74 Å². The Labute approximate surface area is 205 Å². The van der Waals surface area contributed by atoms with Crippen molar-refractivity contribution in [3.8, 4) is 6.07 Å². The highest BCUT2D eigenvalue weighted by Gasteiger charge is 2.56. The Morgan fingerprint density at radius 3 is 2.46 bits per heavy atom. The summed E-state index contributed by atoms with van der Waals surface area (Å²) in [4.78, 5) is 34.2. The van der Waals surface area contributed by atoms with E-state index in [1.165, 1.54) is 0 Å². The van der Waals surface area contributed by atoms with Crippen LogP contribution in [0, 0.1) is 29.1 Å². The van der Waals surface area contributed by atoms with Gasteiger partial charge in [0.1, 0.15) is 11.5 Å². The lowest BCUT2D eigenvalue weighted by Crippen LogP contribution is -2.37. The number of rotatable bonds is 6. The van der Waals surface area contributed by atoms with E-state index in [9.17, 15) is 14.9 Å². The van der Waals surface area contributed by atoms with Crippen molar-refractivity contribution in [2.24, 2.45) is 17.8 Å². The third kappa shape index (κ3) is 4.73. The molecule has 1 N–H and O–H groups in total. The first kappa shape index (κ1) is 23.3. The average Bonchev–Trinajstić information content (AvgIpc) is 3.35. The van der Waals surface area contributed by atoms with Gasteiger partial charge in [0.05, 0.1) is 24.7 Å². The molecule has 3 heterocycles. The fourth-order valence-corrected chi connectivity index (χ4v) is 5.21. The van der Waals surface area contributed by atoms with Crippen LogP contribution in [0.4, 0.5) is 5.82 Å². The molecule has 0 bridgehead atoms. The number of pyridine rings is 1. The molecule has 2 atom stereocenters. The lowest BCUT2D eigenvalue weighted by atomic mass is 9.86. The van der Waals surface area contributed by atoms with Gasteiger partial charge in [0.15, 0.2) is 0 Å². The van der Waals surface area contributed by atoms with Crippen LogP contribution in [-0.2, 0) is 10.2 Å². The number of likely N-dealkylation sites (tertiary alicyclic amines) is 1. The lowest BCUT2D eigenvalue weighted by molar-refractivity contribution is 0.0764. The Hall–Kier alpha value is -3.44. The third-order valence-electron chi connectivity index (χ3n) is 7.59. The van der Waals surface area contributed by atoms with Crippen molar-refractivity contribution in [1.82, 2.24) is 15.2 Å². The van der Waals surface area contributed by atoms with Gasteiger partial charge in [0.2, 0.25) is 0 Å². The Morgan fingerprint density at radius 1 is 1.11 bits per heavy atom. The minimum Gasteiger partial charge on any atom is -0.378 e. The molecule has 182 valence electrons. The number of anilines is 1. The SMILES string of the molecule is CC(C)(C#N)c1ccc(C(=O)N2CC3C(CNC(=O)c4cccc(N5CCOCC5)n4)C3C2)cc1. The molecule has 1 aromatic carbocycles. The molecule has 2 amide bonds. The maximum Gasteiger partial charge on any atom is 0.269 e. The largest absolute Gasteiger partial charge is 0.378 e. The molecule has 2 aliphatic heterocycles. The number of hydrogen-bond acceptors (Lipinski definition) is 6. The summed E-state index contributed by atoms with van der Waals surface area (Å²) in [7, 11) is 0. The Kier molecular flexibility index (Phi) is 6.20. The summed E-state index contributed by atoms with van der Waals surface area (Å²) in [5, 5.41) is 12.4. The van der Waals surface area contributed by atoms with Crippen molar-refractivity contribution >= 4 is 17.6 Å². The summed E-state index contributed by atoms with van der Waals surface area (Å²) < 4.78 is 5.39. The van der Waals surface area contributed by atoms with Crippen molar-refractivity contribution in [1.29, 1.82) is 5.26 Å². The molecule has 0 spiro atoms. The van der Waals surface area contributed by atoms with E-state index in [1.807, 2.05) is 55.1 Å². The van der Waals surface area contributed by atoms with Gasteiger partial charge in [-0.15, -0.1) is 0 Å². The van der Waals surface area contributed by atoms with E-state index in [0.717, 1.165) is 37.6 Å². The topological polar surface area (TPSA) is 98.6 Å². The van der Waals surface area contributed by atoms with Gasteiger partial charge in [0, 0.05) is 38.3 Å². The van der Waals surface area contributed by atoms with E-state index in [2.05, 4.69) is 21.3 Å². The molecule has 2 unspecified atom stereocenters. The second-order valence-electron chi connectivity index (χ2n) is 10.2. The summed E-state index contributed by atoms with van der Waals surface area (Å²) in [6.45, 7) is 8.69. The number of benzene rings is 1. The van der Waals surface area contributed by atoms with Crippen LogP contribution in [0.2, 0.25) is 0 Å². The van der Waals surface area contributed by atoms with E-state index < -0.39 is 5.41 Å². The van der Waals surface area contributed by atoms with Crippen LogP contribution in [-0.4, -0.2) is 67.6 Å². The van der Waals surface area contributed by atoms with Crippen molar-refractivity contribution in [2.75, 3.05) is 50.8 Å². The highest BCUT2D eigenvalue weighted by molar-refractivity contribution is 5.94. The number of fused-ring (bicyclic) bond motifs is 1. The molecule has 0 radical (unpaired) electrons. The van der Waals surface area contributed by atoms with E-state index in [1.54, 1.807) is 6.07 Å². The fraction of sp³-hybridized carbons (Fsp3) is 0.481. The second kappa shape index (κ2) is 9.31. The fourth-order valence-electron chi connectivity index (χ4n) is 5.21. The summed E-state index contributed by atoms with van der Waals surface area (Å²) in [6, 6.07) is 15.2. The van der Waals surface area contributed by atoms with Gasteiger partial charge in [-0.3, -0.25) is 9.59 Å². The normalized spacial score (nSPS) is 23.4. The molecule has 1 saturated carbocycles. The molecule has 8 heteroatoms. The number of morpholine rings is 1. The molecule has 35 heavy (non-hydrogen) atoms. The van der Waals surface area contributed by atoms with Crippen LogP contribution in [0.3, 0.4) is 0 Å². The summed E-state index contributed by atoms with van der Waals surface area (Å²) >= 11 is 0. The highest BCUT2D eigenvalue weighted by Crippen LogP contribution is 2.51. The quantitative estimate of drug-likeness (QED) is 0.692. The molecule has 3 fully saturated rings. The van der Waals surface area contributed by atoms with Gasteiger partial charge in [-0.1, -0.05) is 18.2 Å². The molecule has 8 nitrogen and oxygen atoms in total. The van der Waals surface area contributed by atoms with Crippen LogP contribution in [0.5, 0.6) is 0 Å². The number of nitriles is 1. The first-order valence-electron chi connectivity index (χ1n) is 12.3. The summed E-state index contributed by atoms with van der Waals surface area (Å²) in [6.07, 6.45) is 0. The number of ether oxygens (including phenoxy) is 1. The molecular weight excluding hydrogens is 442 g/mol. The van der Waals surface area contributed by atoms with Crippen molar-refractivity contribution in [3.63, 3.8) is 0 Å². The maximum absolute atomic E-state index is 12.9. The van der Waals surface area contributed by atoms with Crippen LogP contribution >= 0.6 is 0 Å². The number of nitrogens with one attached hydrogen (secondary N) is 1. The lowest BCUT2D eigenvalue weighted by Gasteiger charge is -2.27. The highest BCUT2D eigenvalue weighted by atomic mass is 16.5. The zero-order valence-electron chi connectivity index (χ0n) is 20.2. The molecule has 2 saturated heterocycles. The first-order valence-corrected chi connectivity index (χ1v) is 12.3. The predicted molar refractivity (Wildman–Crippen MR) is 131 cm³/mol. The number of piperidine rings is 1. The van der Waals surface area contributed by atoms with E-state index in [-0.39, 0.29) is 11.8 Å². The Bertz CT molecular complexity index is 1140. The van der Waals surface area contributed by atoms with Crippen molar-refractivity contribution < 1.29 is 14.3 Å². The maximum atomic E-state index is 12.9. The monoisotopic (exact) mass is 473 g/mol. The molecule has 3 aliphatic rings. The molecule has 1 aliphatic carbocycles. The molecule has 1 aromatic heterocycles. The van der Waals surface area contributed by atoms with Crippen LogP contribution in [0.1, 0.15) is 40.3 Å². The van der Waals surface area contributed by atoms with Gasteiger partial charge < -0.3 is 19.9 Å². The minimum atomic E-state index is -0.576. The molecular formula is C27H31N5O3. The molecule has 5 rings (SSSR count). The van der Waals surface area contributed by atoms with Crippen molar-refractivity contribution in [2.45, 2.75) is 19.3 Å². The van der Waals surface area contributed by atoms with Gasteiger partial charge in [-0.25, -0.2) is 4.98 Å². The second-order valence-corrected chi connectivity index (χ2v) is 10.2. The average molecular weight is 474 g/mol. The van der Waals surface area contributed by atoms with E-state index in [0.29, 0.717) is 48.8 Å². The van der Waals surface area contributed by atoms with Crippen LogP contribution in [0.25, 0.3) is 0 Å². The number of nitrogens with zero attached hydrogens (tertiary/aromatic N) is 4. The first-order chi connectivity index (χ1) is 16.9. The third-order valence-corrected chi connectivity index (χ3v) is 7.59. The van der Waals surface area contributed by atoms with Gasteiger partial charge in [0.25, 0.3) is 11.8 Å². The zero-order chi connectivity index (χ0) is 24.6. The smallest absolute Gasteiger partial charge is 0.269 e. The van der Waals surface area contributed by atoms with Gasteiger partial charge >= 0.3 is 0 Å². The number of hydrogen-bond donors (Lipinski definition) is 1. The Balaban J connectivity index is 1.11. The van der Waals surface area contributed by atoms with E-state index >= 15 is 0 Å². The van der Waals surface area contributed by atoms with Crippen LogP contribution in [0.15, 0.2) is 42.5 Å². The number of amides is 2. The summed E-state index contributed by atoms with van der Waals surface area (Å²) in [5.74, 6) is 1.96. The van der Waals surface area contributed by atoms with Crippen LogP contribution < -0.4 is 10.2 Å². The van der Waals surface area contributed by atoms with Gasteiger partial charge in [-0.2, -0.15) is 5.26 Å². The van der Waals surface area contributed by atoms with Crippen molar-refractivity contribution in [3.05, 3.63) is 59.3 Å². The Morgan fingerprint density at radius 2 is 1.80 bits per heavy atom. The predicted octanol–water partition coefficient (Wildman–Crippen LogP) is 2.47. The molecule has 2 aromatic rings. The zero-order valence-corrected chi connectivity index (χ0v) is 20.2. The number of carbonyl (C=O) groups is 2. The number of aromatic nitrogens is 1. The summed E-state index contributed by atoms with van der Waals surface area (Å²) in [5.41, 5.74) is 1.41.